The summed E-state index contributed by atoms with van der Waals surface area (Å²) >= 11 is 0. The number of rotatable bonds is 7. The van der Waals surface area contributed by atoms with E-state index in [0.717, 1.165) is 133 Å². The molecule has 0 fully saturated rings. The minimum absolute atomic E-state index is 0.889. The van der Waals surface area contributed by atoms with Crippen LogP contribution in [0.5, 0.6) is 0 Å². The lowest BCUT2D eigenvalue weighted by Gasteiger charge is -2.12. The summed E-state index contributed by atoms with van der Waals surface area (Å²) in [6, 6.07) is 111. The Labute approximate surface area is 514 Å². The van der Waals surface area contributed by atoms with Gasteiger partial charge in [0.15, 0.2) is 0 Å². The van der Waals surface area contributed by atoms with E-state index >= 15 is 0 Å². The summed E-state index contributed by atoms with van der Waals surface area (Å²) < 4.78 is 23.0. The van der Waals surface area contributed by atoms with Gasteiger partial charge >= 0.3 is 0 Å². The largest absolute Gasteiger partial charge is 0.455 e. The van der Waals surface area contributed by atoms with E-state index in [1.807, 2.05) is 12.1 Å². The minimum Gasteiger partial charge on any atom is -0.455 e. The Hall–Kier alpha value is -12.1. The van der Waals surface area contributed by atoms with Crippen molar-refractivity contribution in [3.05, 3.63) is 303 Å². The SMILES string of the molecule is c1ccc2c(c1)oc1c(-c3ccc4c(c3)c3cc(-c5ccc6c(c5)c5cc(-c7cccc8c7oc7ccccc78)ccc5n6-c5ccc(-n6c7ccccc7c7ccccc76)cc5)ccc3n4-c3ccc(-n4c5ccccc5c5ccccc54)cc3)cccc12. The van der Waals surface area contributed by atoms with Gasteiger partial charge in [0, 0.05) is 98.5 Å². The summed E-state index contributed by atoms with van der Waals surface area (Å²) in [6.45, 7) is 0. The number of fused-ring (bicyclic) bond motifs is 18. The van der Waals surface area contributed by atoms with Gasteiger partial charge in [-0.05, 0) is 156 Å². The molecule has 0 saturated carbocycles. The highest BCUT2D eigenvalue weighted by atomic mass is 16.3. The molecule has 6 nitrogen and oxygen atoms in total. The van der Waals surface area contributed by atoms with Crippen molar-refractivity contribution in [1.82, 2.24) is 18.3 Å². The van der Waals surface area contributed by atoms with Gasteiger partial charge in [-0.2, -0.15) is 0 Å². The van der Waals surface area contributed by atoms with Crippen LogP contribution in [0.4, 0.5) is 0 Å². The fourth-order valence-corrected chi connectivity index (χ4v) is 15.1. The fraction of sp³-hybridized carbons (Fsp3) is 0. The van der Waals surface area contributed by atoms with E-state index in [9.17, 15) is 0 Å². The van der Waals surface area contributed by atoms with Crippen molar-refractivity contribution < 1.29 is 8.83 Å². The van der Waals surface area contributed by atoms with Gasteiger partial charge in [-0.25, -0.2) is 0 Å². The maximum absolute atomic E-state index is 6.68. The third-order valence-corrected chi connectivity index (χ3v) is 19.2. The van der Waals surface area contributed by atoms with E-state index < -0.39 is 0 Å². The number of para-hydroxylation sites is 8. The van der Waals surface area contributed by atoms with E-state index in [-0.39, 0.29) is 0 Å². The highest BCUT2D eigenvalue weighted by Crippen LogP contribution is 2.45. The summed E-state index contributed by atoms with van der Waals surface area (Å²) in [5, 5.41) is 14.1. The summed E-state index contributed by atoms with van der Waals surface area (Å²) in [6.07, 6.45) is 0. The van der Waals surface area contributed by atoms with E-state index in [1.165, 1.54) is 54.4 Å². The van der Waals surface area contributed by atoms with Crippen molar-refractivity contribution >= 4 is 131 Å². The molecule has 0 bridgehead atoms. The standard InChI is InChI=1S/C84H50N4O2/c1-7-25-73-61(15-1)62-16-2-8-26-74(62)85(73)55-35-39-57(40-36-55)87-77-43-31-51(47-69(77)71-49-53(33-45-79(71)87)59-21-13-23-67-65-19-5-11-29-81(65)89-83(59)67)52-32-44-78-70(48-52)72-50-54(60-22-14-24-68-66-20-6-12-30-82(66)90-84(60)68)34-46-80(72)88(78)58-41-37-56(38-42-58)86-75-27-9-3-17-63(75)64-18-4-10-28-76(64)86/h1-50H. The van der Waals surface area contributed by atoms with Crippen LogP contribution in [0.15, 0.2) is 312 Å². The normalized spacial score (nSPS) is 12.2. The highest BCUT2D eigenvalue weighted by molar-refractivity contribution is 6.17. The van der Waals surface area contributed by atoms with Gasteiger partial charge in [0.05, 0.1) is 44.1 Å². The summed E-state index contributed by atoms with van der Waals surface area (Å²) in [5.41, 5.74) is 23.9. The van der Waals surface area contributed by atoms with Crippen LogP contribution in [0.1, 0.15) is 0 Å². The Balaban J connectivity index is 0.775. The molecule has 0 amide bonds. The van der Waals surface area contributed by atoms with Crippen LogP contribution in [-0.4, -0.2) is 18.3 Å². The van der Waals surface area contributed by atoms with Crippen molar-refractivity contribution in [2.24, 2.45) is 0 Å². The number of aromatic nitrogens is 4. The lowest BCUT2D eigenvalue weighted by Crippen LogP contribution is -1.97. The maximum atomic E-state index is 6.68. The van der Waals surface area contributed by atoms with Crippen molar-refractivity contribution in [1.29, 1.82) is 0 Å². The molecule has 418 valence electrons. The molecule has 20 rings (SSSR count). The Bertz CT molecular complexity index is 5900. The smallest absolute Gasteiger partial charge is 0.143 e. The predicted molar refractivity (Wildman–Crippen MR) is 375 cm³/mol. The first-order chi connectivity index (χ1) is 44.6. The molecule has 0 unspecified atom stereocenters. The molecule has 6 aromatic heterocycles. The second-order valence-corrected chi connectivity index (χ2v) is 23.9. The zero-order chi connectivity index (χ0) is 58.7. The van der Waals surface area contributed by atoms with Crippen molar-refractivity contribution in [2.45, 2.75) is 0 Å². The molecule has 90 heavy (non-hydrogen) atoms. The first-order valence-electron chi connectivity index (χ1n) is 30.8. The number of furan rings is 2. The van der Waals surface area contributed by atoms with Gasteiger partial charge in [0.25, 0.3) is 0 Å². The van der Waals surface area contributed by atoms with Gasteiger partial charge < -0.3 is 27.1 Å². The minimum atomic E-state index is 0.889. The van der Waals surface area contributed by atoms with E-state index in [1.54, 1.807) is 0 Å². The van der Waals surface area contributed by atoms with Crippen LogP contribution in [-0.2, 0) is 0 Å². The van der Waals surface area contributed by atoms with Crippen LogP contribution in [0.3, 0.4) is 0 Å². The van der Waals surface area contributed by atoms with Gasteiger partial charge in [-0.15, -0.1) is 0 Å². The average Bonchev–Trinajstić information content (AvgIpc) is 1.74. The molecular formula is C84H50N4O2. The quantitative estimate of drug-likeness (QED) is 0.160. The maximum Gasteiger partial charge on any atom is 0.143 e. The molecule has 6 heterocycles. The Morgan fingerprint density at radius 3 is 0.767 bits per heavy atom. The highest BCUT2D eigenvalue weighted by Gasteiger charge is 2.22. The summed E-state index contributed by atoms with van der Waals surface area (Å²) in [5.74, 6) is 0. The third-order valence-electron chi connectivity index (χ3n) is 19.2. The number of hydrogen-bond donors (Lipinski definition) is 0. The van der Waals surface area contributed by atoms with Crippen LogP contribution >= 0.6 is 0 Å². The monoisotopic (exact) mass is 1150 g/mol. The molecule has 0 radical (unpaired) electrons. The van der Waals surface area contributed by atoms with Gasteiger partial charge in [0.1, 0.15) is 22.3 Å². The molecule has 0 aliphatic carbocycles. The lowest BCUT2D eigenvalue weighted by molar-refractivity contribution is 0.669. The Kier molecular flexibility index (Phi) is 10.2. The Morgan fingerprint density at radius 2 is 0.433 bits per heavy atom. The number of nitrogens with zero attached hydrogens (tertiary/aromatic N) is 4. The summed E-state index contributed by atoms with van der Waals surface area (Å²) in [7, 11) is 0. The first kappa shape index (κ1) is 49.0. The molecule has 0 N–H and O–H groups in total. The topological polar surface area (TPSA) is 46.0 Å². The number of hydrogen-bond acceptors (Lipinski definition) is 2. The zero-order valence-electron chi connectivity index (χ0n) is 48.5. The van der Waals surface area contributed by atoms with E-state index in [2.05, 4.69) is 309 Å². The first-order valence-corrected chi connectivity index (χ1v) is 30.8. The van der Waals surface area contributed by atoms with E-state index in [4.69, 9.17) is 8.83 Å². The van der Waals surface area contributed by atoms with Crippen molar-refractivity contribution in [3.8, 4) is 56.1 Å². The molecule has 0 atom stereocenters. The van der Waals surface area contributed by atoms with Gasteiger partial charge in [-0.1, -0.05) is 170 Å². The predicted octanol–water partition coefficient (Wildman–Crippen LogP) is 22.9. The molecule has 0 aliphatic rings. The molecule has 0 aliphatic heterocycles. The molecule has 6 heteroatoms. The molecule has 14 aromatic carbocycles. The van der Waals surface area contributed by atoms with E-state index in [0.29, 0.717) is 0 Å². The van der Waals surface area contributed by atoms with Gasteiger partial charge in [0.2, 0.25) is 0 Å². The van der Waals surface area contributed by atoms with Crippen LogP contribution in [0.2, 0.25) is 0 Å². The van der Waals surface area contributed by atoms with Crippen LogP contribution in [0.25, 0.3) is 187 Å². The van der Waals surface area contributed by atoms with Crippen LogP contribution < -0.4 is 0 Å². The average molecular weight is 1150 g/mol. The molecular weight excluding hydrogens is 1100 g/mol. The lowest BCUT2D eigenvalue weighted by atomic mass is 9.97. The Morgan fingerprint density at radius 1 is 0.178 bits per heavy atom. The fourth-order valence-electron chi connectivity index (χ4n) is 15.1. The van der Waals surface area contributed by atoms with Crippen LogP contribution in [0, 0.1) is 0 Å². The second-order valence-electron chi connectivity index (χ2n) is 23.9. The molecule has 0 saturated heterocycles. The molecule has 20 aromatic rings. The molecule has 0 spiro atoms. The third kappa shape index (κ3) is 7.04. The number of benzene rings is 14. The summed E-state index contributed by atoms with van der Waals surface area (Å²) in [4.78, 5) is 0. The van der Waals surface area contributed by atoms with Crippen molar-refractivity contribution in [2.75, 3.05) is 0 Å². The second kappa shape index (κ2) is 18.7. The van der Waals surface area contributed by atoms with Gasteiger partial charge in [-0.3, -0.25) is 0 Å². The zero-order valence-corrected chi connectivity index (χ0v) is 48.5. The van der Waals surface area contributed by atoms with Crippen molar-refractivity contribution in [3.63, 3.8) is 0 Å².